The van der Waals surface area contributed by atoms with Gasteiger partial charge in [0.2, 0.25) is 0 Å². The summed E-state index contributed by atoms with van der Waals surface area (Å²) in [6.07, 6.45) is 1.82. The van der Waals surface area contributed by atoms with E-state index in [-0.39, 0.29) is 0 Å². The van der Waals surface area contributed by atoms with Gasteiger partial charge >= 0.3 is 0 Å². The molecule has 0 aliphatic carbocycles. The Bertz CT molecular complexity index is 162. The topological polar surface area (TPSA) is 12.9 Å². The second-order valence-electron chi connectivity index (χ2n) is 1.60. The summed E-state index contributed by atoms with van der Waals surface area (Å²) in [4.78, 5) is 4.13. The molecule has 1 aromatic rings. The molecule has 1 aromatic heterocycles. The molecule has 1 rings (SSSR count). The first-order valence-corrected chi connectivity index (χ1v) is 3.96. The maximum Gasteiger partial charge on any atom is 0.0959 e. The fourth-order valence-electron chi connectivity index (χ4n) is 0.580. The van der Waals surface area contributed by atoms with Gasteiger partial charge in [-0.25, -0.2) is 4.98 Å². The number of thioether (sulfide) groups is 1. The van der Waals surface area contributed by atoms with Crippen molar-refractivity contribution in [1.82, 2.24) is 4.98 Å². The van der Waals surface area contributed by atoms with Crippen molar-refractivity contribution in [2.75, 3.05) is 5.75 Å². The summed E-state index contributed by atoms with van der Waals surface area (Å²) in [5, 5.41) is 1.11. The van der Waals surface area contributed by atoms with E-state index in [1.54, 1.807) is 11.8 Å². The molecule has 48 valence electrons. The first-order valence-electron chi connectivity index (χ1n) is 2.97. The van der Waals surface area contributed by atoms with Crippen molar-refractivity contribution < 1.29 is 0 Å². The van der Waals surface area contributed by atoms with Crippen LogP contribution in [0.25, 0.3) is 0 Å². The standard InChI is InChI=1S/C7H9NS/c1-2-9-7-5-3-4-6-8-7/h3-6H,2H2,1H3. The molecule has 0 spiro atoms. The summed E-state index contributed by atoms with van der Waals surface area (Å²) in [5.41, 5.74) is 0. The molecule has 0 saturated carbocycles. The molecule has 9 heavy (non-hydrogen) atoms. The van der Waals surface area contributed by atoms with Crippen LogP contribution in [0.2, 0.25) is 0 Å². The quantitative estimate of drug-likeness (QED) is 0.582. The maximum absolute atomic E-state index is 4.13. The van der Waals surface area contributed by atoms with Crippen molar-refractivity contribution in [3.63, 3.8) is 0 Å². The van der Waals surface area contributed by atoms with Gasteiger partial charge in [-0.1, -0.05) is 13.0 Å². The van der Waals surface area contributed by atoms with Crippen LogP contribution in [-0.2, 0) is 0 Å². The van der Waals surface area contributed by atoms with Crippen LogP contribution < -0.4 is 0 Å². The minimum atomic E-state index is 1.09. The Kier molecular flexibility index (Phi) is 2.58. The number of pyridine rings is 1. The van der Waals surface area contributed by atoms with Gasteiger partial charge in [-0.2, -0.15) is 0 Å². The van der Waals surface area contributed by atoms with Crippen LogP contribution in [0.15, 0.2) is 29.4 Å². The fraction of sp³-hybridized carbons (Fsp3) is 0.286. The van der Waals surface area contributed by atoms with E-state index in [4.69, 9.17) is 0 Å². The van der Waals surface area contributed by atoms with E-state index in [9.17, 15) is 0 Å². The SMILES string of the molecule is CCSc1ccccn1. The van der Waals surface area contributed by atoms with Gasteiger partial charge in [-0.15, -0.1) is 11.8 Å². The summed E-state index contributed by atoms with van der Waals surface area (Å²) < 4.78 is 0. The summed E-state index contributed by atoms with van der Waals surface area (Å²) in [6.45, 7) is 2.12. The summed E-state index contributed by atoms with van der Waals surface area (Å²) in [6, 6.07) is 5.96. The molecule has 0 N–H and O–H groups in total. The molecule has 0 atom stereocenters. The van der Waals surface area contributed by atoms with E-state index in [0.717, 1.165) is 10.8 Å². The van der Waals surface area contributed by atoms with E-state index in [1.165, 1.54) is 0 Å². The Morgan fingerprint density at radius 2 is 2.44 bits per heavy atom. The molecule has 0 fully saturated rings. The lowest BCUT2D eigenvalue weighted by Crippen LogP contribution is -1.75. The lowest BCUT2D eigenvalue weighted by atomic mass is 10.5. The number of rotatable bonds is 2. The van der Waals surface area contributed by atoms with Crippen LogP contribution in [0.4, 0.5) is 0 Å². The normalized spacial score (nSPS) is 9.44. The molecule has 0 unspecified atom stereocenters. The molecular formula is C7H9NS. The van der Waals surface area contributed by atoms with Crippen LogP contribution in [-0.4, -0.2) is 10.7 Å². The van der Waals surface area contributed by atoms with Crippen LogP contribution >= 0.6 is 11.8 Å². The second-order valence-corrected chi connectivity index (χ2v) is 2.89. The minimum Gasteiger partial charge on any atom is -0.250 e. The van der Waals surface area contributed by atoms with Gasteiger partial charge in [0, 0.05) is 6.20 Å². The highest BCUT2D eigenvalue weighted by Crippen LogP contribution is 2.11. The van der Waals surface area contributed by atoms with Crippen molar-refractivity contribution in [3.05, 3.63) is 24.4 Å². The third kappa shape index (κ3) is 2.06. The Morgan fingerprint density at radius 3 is 3.00 bits per heavy atom. The Labute approximate surface area is 59.5 Å². The minimum absolute atomic E-state index is 1.09. The first-order chi connectivity index (χ1) is 4.43. The molecule has 0 aromatic carbocycles. The zero-order valence-electron chi connectivity index (χ0n) is 5.37. The van der Waals surface area contributed by atoms with Crippen molar-refractivity contribution in [3.8, 4) is 0 Å². The van der Waals surface area contributed by atoms with E-state index in [2.05, 4.69) is 11.9 Å². The third-order valence-corrected chi connectivity index (χ3v) is 1.76. The Morgan fingerprint density at radius 1 is 1.56 bits per heavy atom. The first kappa shape index (κ1) is 6.62. The highest BCUT2D eigenvalue weighted by molar-refractivity contribution is 7.99. The zero-order valence-corrected chi connectivity index (χ0v) is 6.19. The lowest BCUT2D eigenvalue weighted by Gasteiger charge is -1.92. The predicted molar refractivity (Wildman–Crippen MR) is 40.6 cm³/mol. The third-order valence-electron chi connectivity index (χ3n) is 0.930. The Balaban J connectivity index is 2.61. The molecule has 0 saturated heterocycles. The zero-order chi connectivity index (χ0) is 6.53. The smallest absolute Gasteiger partial charge is 0.0959 e. The Hall–Kier alpha value is -0.500. The van der Waals surface area contributed by atoms with Crippen LogP contribution in [0.3, 0.4) is 0 Å². The number of aromatic nitrogens is 1. The number of hydrogen-bond donors (Lipinski definition) is 0. The summed E-state index contributed by atoms with van der Waals surface area (Å²) in [7, 11) is 0. The average Bonchev–Trinajstić information content (AvgIpc) is 1.91. The summed E-state index contributed by atoms with van der Waals surface area (Å²) >= 11 is 1.76. The molecule has 0 radical (unpaired) electrons. The van der Waals surface area contributed by atoms with E-state index in [1.807, 2.05) is 24.4 Å². The van der Waals surface area contributed by atoms with Crippen molar-refractivity contribution in [1.29, 1.82) is 0 Å². The van der Waals surface area contributed by atoms with Gasteiger partial charge in [-0.3, -0.25) is 0 Å². The molecule has 1 heterocycles. The average molecular weight is 139 g/mol. The number of hydrogen-bond acceptors (Lipinski definition) is 2. The van der Waals surface area contributed by atoms with Gasteiger partial charge < -0.3 is 0 Å². The number of nitrogens with zero attached hydrogens (tertiary/aromatic N) is 1. The highest BCUT2D eigenvalue weighted by Gasteiger charge is 1.86. The second kappa shape index (κ2) is 3.51. The van der Waals surface area contributed by atoms with Crippen LogP contribution in [0.1, 0.15) is 6.92 Å². The van der Waals surface area contributed by atoms with Crippen LogP contribution in [0, 0.1) is 0 Å². The van der Waals surface area contributed by atoms with Crippen LogP contribution in [0.5, 0.6) is 0 Å². The van der Waals surface area contributed by atoms with Crippen molar-refractivity contribution >= 4 is 11.8 Å². The lowest BCUT2D eigenvalue weighted by molar-refractivity contribution is 1.13. The van der Waals surface area contributed by atoms with E-state index >= 15 is 0 Å². The summed E-state index contributed by atoms with van der Waals surface area (Å²) in [5.74, 6) is 1.09. The molecule has 2 heteroatoms. The van der Waals surface area contributed by atoms with Gasteiger partial charge in [0.25, 0.3) is 0 Å². The predicted octanol–water partition coefficient (Wildman–Crippen LogP) is 2.19. The maximum atomic E-state index is 4.13. The molecular weight excluding hydrogens is 130 g/mol. The molecule has 0 amide bonds. The van der Waals surface area contributed by atoms with E-state index < -0.39 is 0 Å². The molecule has 0 bridgehead atoms. The van der Waals surface area contributed by atoms with Gasteiger partial charge in [-0.05, 0) is 17.9 Å². The molecule has 0 aliphatic heterocycles. The van der Waals surface area contributed by atoms with Gasteiger partial charge in [0.15, 0.2) is 0 Å². The molecule has 1 nitrogen and oxygen atoms in total. The fourth-order valence-corrected chi connectivity index (χ4v) is 1.19. The largest absolute Gasteiger partial charge is 0.250 e. The van der Waals surface area contributed by atoms with Crippen molar-refractivity contribution in [2.24, 2.45) is 0 Å². The van der Waals surface area contributed by atoms with Crippen molar-refractivity contribution in [2.45, 2.75) is 11.9 Å². The van der Waals surface area contributed by atoms with E-state index in [0.29, 0.717) is 0 Å². The van der Waals surface area contributed by atoms with Gasteiger partial charge in [0.05, 0.1) is 5.03 Å². The highest BCUT2D eigenvalue weighted by atomic mass is 32.2. The monoisotopic (exact) mass is 139 g/mol. The molecule has 0 aliphatic rings. The van der Waals surface area contributed by atoms with Gasteiger partial charge in [0.1, 0.15) is 0 Å².